The Kier molecular flexibility index (Phi) is 6.25. The minimum Gasteiger partial charge on any atom is -0.383 e. The van der Waals surface area contributed by atoms with E-state index in [0.29, 0.717) is 12.2 Å². The van der Waals surface area contributed by atoms with Crippen LogP contribution < -0.4 is 5.43 Å². The molecule has 1 aromatic heterocycles. The van der Waals surface area contributed by atoms with Crippen molar-refractivity contribution in [3.05, 3.63) is 64.9 Å². The number of aryl methyl sites for hydroxylation is 2. The smallest absolute Gasteiger partial charge is 0.261 e. The van der Waals surface area contributed by atoms with Gasteiger partial charge in [0.15, 0.2) is 0 Å². The zero-order valence-corrected chi connectivity index (χ0v) is 18.8. The molecule has 0 radical (unpaired) electrons. The molecule has 2 aromatic carbocycles. The van der Waals surface area contributed by atoms with Crippen LogP contribution in [0.1, 0.15) is 36.5 Å². The van der Waals surface area contributed by atoms with Crippen molar-refractivity contribution in [3.8, 4) is 11.1 Å². The van der Waals surface area contributed by atoms with Gasteiger partial charge in [0, 0.05) is 30.9 Å². The number of amides is 1. The van der Waals surface area contributed by atoms with Gasteiger partial charge in [0.25, 0.3) is 5.91 Å². The van der Waals surface area contributed by atoms with Gasteiger partial charge in [0.1, 0.15) is 0 Å². The van der Waals surface area contributed by atoms with Gasteiger partial charge in [-0.3, -0.25) is 10.2 Å². The maximum atomic E-state index is 12.8. The number of carbonyl (C=O) groups is 1. The summed E-state index contributed by atoms with van der Waals surface area (Å²) in [6.45, 7) is 7.61. The number of fused-ring (bicyclic) bond motifs is 1. The zero-order valence-electron chi connectivity index (χ0n) is 18.8. The number of hydrogen-bond acceptors (Lipinski definition) is 3. The van der Waals surface area contributed by atoms with Crippen molar-refractivity contribution in [2.75, 3.05) is 20.3 Å². The lowest BCUT2D eigenvalue weighted by Crippen LogP contribution is -2.47. The van der Waals surface area contributed by atoms with Gasteiger partial charge in [-0.25, -0.2) is 5.01 Å². The molecule has 0 bridgehead atoms. The van der Waals surface area contributed by atoms with Crippen LogP contribution in [0, 0.1) is 13.8 Å². The number of aromatic amines is 1. The number of hydrazine groups is 1. The Bertz CT molecular complexity index is 1130. The van der Waals surface area contributed by atoms with Crippen LogP contribution in [-0.4, -0.2) is 42.2 Å². The van der Waals surface area contributed by atoms with Crippen molar-refractivity contribution < 1.29 is 9.53 Å². The second kappa shape index (κ2) is 9.08. The minimum atomic E-state index is -0.0537. The molecule has 3 aromatic rings. The first kappa shape index (κ1) is 21.3. The second-order valence-corrected chi connectivity index (χ2v) is 8.52. The first-order valence-electron chi connectivity index (χ1n) is 10.9. The third-order valence-electron chi connectivity index (χ3n) is 6.19. The van der Waals surface area contributed by atoms with Crippen LogP contribution in [0.25, 0.3) is 28.1 Å². The standard InChI is InChI=1S/C26H31N3O2/c1-17-14-24(20-7-8-25-21(15-20)9-10-27-25)18(2)12-22(17)13-19(3)26(30)28-29-11-5-6-23(29)16-31-4/h7-10,12-15,23,27H,5-6,11,16H2,1-4H3,(H,28,30)/b19-13+/t23-/m0/s1. The average molecular weight is 418 g/mol. The molecule has 0 unspecified atom stereocenters. The molecule has 1 aliphatic heterocycles. The van der Waals surface area contributed by atoms with E-state index in [9.17, 15) is 4.79 Å². The van der Waals surface area contributed by atoms with Crippen LogP contribution in [0.15, 0.2) is 48.2 Å². The second-order valence-electron chi connectivity index (χ2n) is 8.52. The van der Waals surface area contributed by atoms with Crippen molar-refractivity contribution in [2.45, 2.75) is 39.7 Å². The van der Waals surface area contributed by atoms with Crippen LogP contribution in [0.2, 0.25) is 0 Å². The van der Waals surface area contributed by atoms with E-state index in [-0.39, 0.29) is 11.9 Å². The molecular formula is C26H31N3O2. The Labute approximate surface area is 184 Å². The van der Waals surface area contributed by atoms with E-state index in [1.165, 1.54) is 22.1 Å². The summed E-state index contributed by atoms with van der Waals surface area (Å²) in [5.41, 5.74) is 10.8. The fourth-order valence-electron chi connectivity index (χ4n) is 4.39. The predicted molar refractivity (Wildman–Crippen MR) is 127 cm³/mol. The fraction of sp³-hybridized carbons (Fsp3) is 0.346. The Morgan fingerprint density at radius 2 is 2.06 bits per heavy atom. The predicted octanol–water partition coefficient (Wildman–Crippen LogP) is 5.00. The summed E-state index contributed by atoms with van der Waals surface area (Å²) in [5, 5.41) is 3.22. The molecule has 162 valence electrons. The Balaban J connectivity index is 1.54. The summed E-state index contributed by atoms with van der Waals surface area (Å²) in [5.74, 6) is -0.0537. The summed E-state index contributed by atoms with van der Waals surface area (Å²) in [4.78, 5) is 16.0. The molecule has 0 aliphatic carbocycles. The molecule has 0 saturated carbocycles. The molecule has 1 atom stereocenters. The van der Waals surface area contributed by atoms with Crippen molar-refractivity contribution >= 4 is 22.9 Å². The Hall–Kier alpha value is -2.89. The van der Waals surface area contributed by atoms with Crippen LogP contribution in [0.4, 0.5) is 0 Å². The first-order valence-corrected chi connectivity index (χ1v) is 10.9. The Morgan fingerprint density at radius 1 is 1.23 bits per heavy atom. The number of rotatable bonds is 6. The zero-order chi connectivity index (χ0) is 22.0. The topological polar surface area (TPSA) is 57.4 Å². The minimum absolute atomic E-state index is 0.0537. The molecule has 1 aliphatic rings. The molecule has 5 nitrogen and oxygen atoms in total. The van der Waals surface area contributed by atoms with Crippen LogP contribution in [-0.2, 0) is 9.53 Å². The lowest BCUT2D eigenvalue weighted by atomic mass is 9.93. The van der Waals surface area contributed by atoms with Gasteiger partial charge >= 0.3 is 0 Å². The van der Waals surface area contributed by atoms with E-state index >= 15 is 0 Å². The molecule has 0 spiro atoms. The van der Waals surface area contributed by atoms with Gasteiger partial charge < -0.3 is 9.72 Å². The normalized spacial score (nSPS) is 17.4. The van der Waals surface area contributed by atoms with Gasteiger partial charge in [-0.2, -0.15) is 0 Å². The summed E-state index contributed by atoms with van der Waals surface area (Å²) in [6.07, 6.45) is 6.07. The molecular weight excluding hydrogens is 386 g/mol. The van der Waals surface area contributed by atoms with E-state index in [1.807, 2.05) is 24.2 Å². The molecule has 1 amide bonds. The third kappa shape index (κ3) is 4.58. The number of nitrogens with zero attached hydrogens (tertiary/aromatic N) is 1. The highest BCUT2D eigenvalue weighted by atomic mass is 16.5. The summed E-state index contributed by atoms with van der Waals surface area (Å²) in [7, 11) is 1.70. The number of carbonyl (C=O) groups excluding carboxylic acids is 1. The van der Waals surface area contributed by atoms with Crippen LogP contribution >= 0.6 is 0 Å². The van der Waals surface area contributed by atoms with Gasteiger partial charge in [-0.15, -0.1) is 0 Å². The number of H-pyrrole nitrogens is 1. The highest BCUT2D eigenvalue weighted by Gasteiger charge is 2.26. The summed E-state index contributed by atoms with van der Waals surface area (Å²) in [6, 6.07) is 13.2. The van der Waals surface area contributed by atoms with E-state index in [0.717, 1.165) is 36.0 Å². The maximum Gasteiger partial charge on any atom is 0.261 e. The summed E-state index contributed by atoms with van der Waals surface area (Å²) >= 11 is 0. The molecule has 1 fully saturated rings. The van der Waals surface area contributed by atoms with Gasteiger partial charge in [-0.1, -0.05) is 18.2 Å². The molecule has 2 N–H and O–H groups in total. The SMILES string of the molecule is COC[C@@H]1CCCN1NC(=O)/C(C)=C/c1cc(C)c(-c2ccc3[nH]ccc3c2)cc1C. The number of methoxy groups -OCH3 is 1. The number of hydrogen-bond donors (Lipinski definition) is 2. The monoisotopic (exact) mass is 417 g/mol. The number of aromatic nitrogens is 1. The highest BCUT2D eigenvalue weighted by Crippen LogP contribution is 2.30. The molecule has 5 heteroatoms. The quantitative estimate of drug-likeness (QED) is 0.555. The van der Waals surface area contributed by atoms with Crippen molar-refractivity contribution in [3.63, 3.8) is 0 Å². The van der Waals surface area contributed by atoms with Crippen LogP contribution in [0.3, 0.4) is 0 Å². The van der Waals surface area contributed by atoms with Crippen molar-refractivity contribution in [2.24, 2.45) is 0 Å². The van der Waals surface area contributed by atoms with Gasteiger partial charge in [0.05, 0.1) is 12.6 Å². The largest absolute Gasteiger partial charge is 0.383 e. The van der Waals surface area contributed by atoms with E-state index in [4.69, 9.17) is 4.74 Å². The van der Waals surface area contributed by atoms with E-state index in [1.54, 1.807) is 7.11 Å². The van der Waals surface area contributed by atoms with Crippen LogP contribution in [0.5, 0.6) is 0 Å². The molecule has 1 saturated heterocycles. The van der Waals surface area contributed by atoms with Crippen molar-refractivity contribution in [1.29, 1.82) is 0 Å². The van der Waals surface area contributed by atoms with Gasteiger partial charge in [-0.05, 0) is 91.1 Å². The maximum absolute atomic E-state index is 12.8. The lowest BCUT2D eigenvalue weighted by molar-refractivity contribution is -0.122. The number of nitrogens with one attached hydrogen (secondary N) is 2. The third-order valence-corrected chi connectivity index (χ3v) is 6.19. The van der Waals surface area contributed by atoms with Gasteiger partial charge in [0.2, 0.25) is 0 Å². The number of benzene rings is 2. The average Bonchev–Trinajstić information content (AvgIpc) is 3.39. The van der Waals surface area contributed by atoms with Crippen molar-refractivity contribution in [1.82, 2.24) is 15.4 Å². The fourth-order valence-corrected chi connectivity index (χ4v) is 4.39. The molecule has 2 heterocycles. The molecule has 4 rings (SSSR count). The Morgan fingerprint density at radius 3 is 2.87 bits per heavy atom. The lowest BCUT2D eigenvalue weighted by Gasteiger charge is -2.24. The highest BCUT2D eigenvalue weighted by molar-refractivity contribution is 5.97. The van der Waals surface area contributed by atoms with E-state index in [2.05, 4.69) is 60.7 Å². The van der Waals surface area contributed by atoms with E-state index < -0.39 is 0 Å². The summed E-state index contributed by atoms with van der Waals surface area (Å²) < 4.78 is 5.28. The first-order chi connectivity index (χ1) is 15.0. The molecule has 31 heavy (non-hydrogen) atoms. The number of ether oxygens (including phenoxy) is 1.